The topological polar surface area (TPSA) is 64.1 Å². The standard InChI is InChI=1S/C63H55N3O2/c1-61(2,3)44-37-49(59(67)50(38-44)62(4,5)6)60-65-58-48(27-19-29-52(58)66(60)51-28-18-17-25-46(51)39-20-11-9-12-21-39)41-34-42(36-45(35-41)63(7,8)43-23-13-10-14-24-43)57-56-54(32-33-64-57)68-53-31-30-40-22-15-16-26-47(40)55(53)56/h9-38,67H,1-8H3. The number of furan rings is 1. The Labute approximate surface area is 398 Å². The van der Waals surface area contributed by atoms with E-state index in [1.54, 1.807) is 0 Å². The zero-order valence-electron chi connectivity index (χ0n) is 40.0. The first-order valence-corrected chi connectivity index (χ1v) is 23.6. The molecule has 3 heterocycles. The summed E-state index contributed by atoms with van der Waals surface area (Å²) in [6.45, 7) is 17.8. The largest absolute Gasteiger partial charge is 0.507 e. The molecule has 334 valence electrons. The number of rotatable bonds is 7. The number of imidazole rings is 1. The highest BCUT2D eigenvalue weighted by Crippen LogP contribution is 2.47. The molecule has 11 aromatic rings. The van der Waals surface area contributed by atoms with E-state index in [0.29, 0.717) is 11.4 Å². The average molecular weight is 886 g/mol. The Morgan fingerprint density at radius 3 is 1.94 bits per heavy atom. The molecule has 68 heavy (non-hydrogen) atoms. The third kappa shape index (κ3) is 7.16. The van der Waals surface area contributed by atoms with Gasteiger partial charge in [0.15, 0.2) is 0 Å². The summed E-state index contributed by atoms with van der Waals surface area (Å²) < 4.78 is 8.86. The lowest BCUT2D eigenvalue weighted by Gasteiger charge is -2.27. The molecule has 0 aliphatic heterocycles. The normalized spacial score (nSPS) is 12.5. The molecule has 5 heteroatoms. The fraction of sp³-hybridized carbons (Fsp3) is 0.175. The molecular weight excluding hydrogens is 831 g/mol. The number of hydrogen-bond donors (Lipinski definition) is 1. The van der Waals surface area contributed by atoms with Gasteiger partial charge in [-0.2, -0.15) is 0 Å². The number of benzene rings is 8. The summed E-state index contributed by atoms with van der Waals surface area (Å²) in [5, 5.41) is 16.9. The van der Waals surface area contributed by atoms with Gasteiger partial charge in [0, 0.05) is 39.3 Å². The van der Waals surface area contributed by atoms with Gasteiger partial charge in [-0.3, -0.25) is 9.55 Å². The monoisotopic (exact) mass is 885 g/mol. The van der Waals surface area contributed by atoms with Crippen molar-refractivity contribution < 1.29 is 9.52 Å². The predicted molar refractivity (Wildman–Crippen MR) is 283 cm³/mol. The molecule has 0 unspecified atom stereocenters. The van der Waals surface area contributed by atoms with Crippen molar-refractivity contribution in [1.29, 1.82) is 0 Å². The summed E-state index contributed by atoms with van der Waals surface area (Å²) in [5.41, 5.74) is 14.5. The highest BCUT2D eigenvalue weighted by atomic mass is 16.3. The van der Waals surface area contributed by atoms with E-state index in [2.05, 4.69) is 230 Å². The Bertz CT molecular complexity index is 3730. The minimum Gasteiger partial charge on any atom is -0.507 e. The van der Waals surface area contributed by atoms with Crippen LogP contribution in [0.15, 0.2) is 187 Å². The highest BCUT2D eigenvalue weighted by Gasteiger charge is 2.31. The number of fused-ring (bicyclic) bond motifs is 6. The second-order valence-electron chi connectivity index (χ2n) is 20.8. The first-order chi connectivity index (χ1) is 32.7. The van der Waals surface area contributed by atoms with Gasteiger partial charge in [0.05, 0.1) is 33.4 Å². The molecule has 0 atom stereocenters. The molecule has 0 bridgehead atoms. The van der Waals surface area contributed by atoms with Gasteiger partial charge >= 0.3 is 0 Å². The molecule has 0 fully saturated rings. The number of hydrogen-bond acceptors (Lipinski definition) is 4. The SMILES string of the molecule is CC(C)(C)c1cc(-c2nc3c(-c4cc(-c5nccc6oc7ccc8ccccc8c7c56)cc(C(C)(C)c5ccccc5)c4)cccc3n2-c2ccccc2-c2ccccc2)c(O)c(C(C)(C)C)c1. The third-order valence-corrected chi connectivity index (χ3v) is 13.9. The summed E-state index contributed by atoms with van der Waals surface area (Å²) in [4.78, 5) is 10.9. The van der Waals surface area contributed by atoms with Crippen LogP contribution in [0.2, 0.25) is 0 Å². The molecule has 1 N–H and O–H groups in total. The summed E-state index contributed by atoms with van der Waals surface area (Å²) >= 11 is 0. The molecule has 0 saturated heterocycles. The second kappa shape index (κ2) is 16.0. The van der Waals surface area contributed by atoms with Gasteiger partial charge in [0.25, 0.3) is 0 Å². The van der Waals surface area contributed by atoms with E-state index in [1.165, 1.54) is 5.56 Å². The van der Waals surface area contributed by atoms with E-state index in [0.717, 1.165) is 99.6 Å². The zero-order chi connectivity index (χ0) is 47.1. The Morgan fingerprint density at radius 2 is 1.18 bits per heavy atom. The Kier molecular flexibility index (Phi) is 10.1. The fourth-order valence-corrected chi connectivity index (χ4v) is 10.1. The van der Waals surface area contributed by atoms with E-state index in [9.17, 15) is 5.11 Å². The molecule has 0 radical (unpaired) electrons. The zero-order valence-corrected chi connectivity index (χ0v) is 40.0. The first kappa shape index (κ1) is 42.8. The van der Waals surface area contributed by atoms with Gasteiger partial charge in [0.2, 0.25) is 0 Å². The van der Waals surface area contributed by atoms with Crippen LogP contribution in [0.1, 0.15) is 77.6 Å². The smallest absolute Gasteiger partial charge is 0.149 e. The average Bonchev–Trinajstić information content (AvgIpc) is 3.93. The maximum absolute atomic E-state index is 12.6. The molecule has 0 saturated carbocycles. The molecule has 8 aromatic carbocycles. The number of phenolic OH excluding ortho intramolecular Hbond substituents is 1. The van der Waals surface area contributed by atoms with Crippen molar-refractivity contribution >= 4 is 43.7 Å². The Morgan fingerprint density at radius 1 is 0.500 bits per heavy atom. The quantitative estimate of drug-likeness (QED) is 0.173. The van der Waals surface area contributed by atoms with Crippen molar-refractivity contribution in [2.75, 3.05) is 0 Å². The van der Waals surface area contributed by atoms with Gasteiger partial charge in [0.1, 0.15) is 22.7 Å². The van der Waals surface area contributed by atoms with E-state index in [-0.39, 0.29) is 22.0 Å². The van der Waals surface area contributed by atoms with Crippen molar-refractivity contribution in [3.63, 3.8) is 0 Å². The van der Waals surface area contributed by atoms with Gasteiger partial charge < -0.3 is 9.52 Å². The third-order valence-electron chi connectivity index (χ3n) is 13.9. The molecular formula is C63H55N3O2. The van der Waals surface area contributed by atoms with E-state index in [1.807, 2.05) is 12.3 Å². The Hall–Kier alpha value is -7.76. The number of pyridine rings is 1. The van der Waals surface area contributed by atoms with Crippen molar-refractivity contribution in [3.8, 4) is 56.3 Å². The molecule has 3 aromatic heterocycles. The van der Waals surface area contributed by atoms with Crippen LogP contribution in [0.3, 0.4) is 0 Å². The second-order valence-corrected chi connectivity index (χ2v) is 20.8. The van der Waals surface area contributed by atoms with Crippen LogP contribution in [-0.2, 0) is 16.2 Å². The van der Waals surface area contributed by atoms with Gasteiger partial charge in [-0.05, 0) is 91.9 Å². The van der Waals surface area contributed by atoms with E-state index < -0.39 is 0 Å². The first-order valence-electron chi connectivity index (χ1n) is 23.6. The van der Waals surface area contributed by atoms with Gasteiger partial charge in [-0.25, -0.2) is 4.98 Å². The summed E-state index contributed by atoms with van der Waals surface area (Å²) in [6, 6.07) is 62.2. The summed E-state index contributed by atoms with van der Waals surface area (Å²) in [7, 11) is 0. The van der Waals surface area contributed by atoms with Crippen LogP contribution in [-0.4, -0.2) is 19.6 Å². The van der Waals surface area contributed by atoms with Crippen LogP contribution >= 0.6 is 0 Å². The number of aromatic hydroxyl groups is 1. The lowest BCUT2D eigenvalue weighted by atomic mass is 9.76. The van der Waals surface area contributed by atoms with Crippen molar-refractivity contribution in [1.82, 2.24) is 14.5 Å². The van der Waals surface area contributed by atoms with Gasteiger partial charge in [-0.1, -0.05) is 189 Å². The van der Waals surface area contributed by atoms with Crippen LogP contribution in [0.25, 0.3) is 94.3 Å². The van der Waals surface area contributed by atoms with Crippen molar-refractivity contribution in [2.45, 2.75) is 71.6 Å². The Balaban J connectivity index is 1.24. The fourth-order valence-electron chi connectivity index (χ4n) is 10.1. The molecule has 11 rings (SSSR count). The lowest BCUT2D eigenvalue weighted by molar-refractivity contribution is 0.446. The molecule has 0 amide bonds. The number of aromatic nitrogens is 3. The van der Waals surface area contributed by atoms with E-state index >= 15 is 0 Å². The molecule has 0 aliphatic carbocycles. The predicted octanol–water partition coefficient (Wildman–Crippen LogP) is 16.8. The molecule has 0 spiro atoms. The lowest BCUT2D eigenvalue weighted by Crippen LogP contribution is -2.19. The maximum atomic E-state index is 12.6. The summed E-state index contributed by atoms with van der Waals surface area (Å²) in [5.74, 6) is 0.919. The van der Waals surface area contributed by atoms with E-state index in [4.69, 9.17) is 14.4 Å². The van der Waals surface area contributed by atoms with Crippen LogP contribution < -0.4 is 0 Å². The highest BCUT2D eigenvalue weighted by molar-refractivity contribution is 6.22. The number of nitrogens with zero attached hydrogens (tertiary/aromatic N) is 3. The minimum atomic E-state index is -0.388. The number of phenols is 1. The van der Waals surface area contributed by atoms with Crippen molar-refractivity contribution in [2.24, 2.45) is 0 Å². The molecule has 0 aliphatic rings. The minimum absolute atomic E-state index is 0.196. The maximum Gasteiger partial charge on any atom is 0.149 e. The van der Waals surface area contributed by atoms with Crippen LogP contribution in [0.4, 0.5) is 0 Å². The van der Waals surface area contributed by atoms with Crippen molar-refractivity contribution in [3.05, 3.63) is 204 Å². The van der Waals surface area contributed by atoms with Crippen LogP contribution in [0, 0.1) is 0 Å². The summed E-state index contributed by atoms with van der Waals surface area (Å²) in [6.07, 6.45) is 1.86. The number of para-hydroxylation sites is 2. The van der Waals surface area contributed by atoms with Crippen LogP contribution in [0.5, 0.6) is 5.75 Å². The van der Waals surface area contributed by atoms with Gasteiger partial charge in [-0.15, -0.1) is 0 Å². The molecule has 5 nitrogen and oxygen atoms in total.